The van der Waals surface area contributed by atoms with Crippen LogP contribution in [0.5, 0.6) is 0 Å². The number of carbonyl (C=O) groups excluding carboxylic acids is 1. The molecule has 7 heteroatoms. The summed E-state index contributed by atoms with van der Waals surface area (Å²) in [4.78, 5) is 11.9. The Morgan fingerprint density at radius 1 is 1.45 bits per heavy atom. The molecule has 7 nitrogen and oxygen atoms in total. The Morgan fingerprint density at radius 3 is 3.00 bits per heavy atom. The molecule has 2 unspecified atom stereocenters. The zero-order valence-corrected chi connectivity index (χ0v) is 12.1. The molecule has 0 aromatic carbocycles. The van der Waals surface area contributed by atoms with Gasteiger partial charge in [-0.1, -0.05) is 6.42 Å². The fourth-order valence-electron chi connectivity index (χ4n) is 2.47. The molecular formula is C13H23N5O2. The van der Waals surface area contributed by atoms with Crippen LogP contribution in [0.25, 0.3) is 0 Å². The molecule has 112 valence electrons. The number of carbonyl (C=O) groups is 1. The van der Waals surface area contributed by atoms with Gasteiger partial charge in [0.1, 0.15) is 11.9 Å². The normalized spacial score (nSPS) is 17.9. The van der Waals surface area contributed by atoms with E-state index in [1.54, 1.807) is 0 Å². The Balaban J connectivity index is 2.04. The van der Waals surface area contributed by atoms with Gasteiger partial charge in [-0.3, -0.25) is 4.79 Å². The average Bonchev–Trinajstić information content (AvgIpc) is 2.68. The standard InChI is InChI=1S/C13H23N5O2/c1-9(15-13(19)10(14)8-20-2)12-17-16-11-6-4-3-5-7-18(11)12/h9-10H,3-8,14H2,1-2H3,(H,15,19). The molecule has 1 amide bonds. The molecule has 0 saturated carbocycles. The van der Waals surface area contributed by atoms with Crippen molar-refractivity contribution < 1.29 is 9.53 Å². The van der Waals surface area contributed by atoms with E-state index in [9.17, 15) is 4.79 Å². The number of nitrogens with zero attached hydrogens (tertiary/aromatic N) is 3. The van der Waals surface area contributed by atoms with E-state index < -0.39 is 6.04 Å². The topological polar surface area (TPSA) is 95.1 Å². The zero-order valence-electron chi connectivity index (χ0n) is 12.1. The van der Waals surface area contributed by atoms with Gasteiger partial charge in [-0.05, 0) is 19.8 Å². The number of aromatic nitrogens is 3. The van der Waals surface area contributed by atoms with Crippen LogP contribution >= 0.6 is 0 Å². The number of methoxy groups -OCH3 is 1. The number of ether oxygens (including phenoxy) is 1. The van der Waals surface area contributed by atoms with Crippen LogP contribution in [0.15, 0.2) is 0 Å². The Labute approximate surface area is 118 Å². The minimum atomic E-state index is -0.658. The van der Waals surface area contributed by atoms with Crippen LogP contribution in [-0.2, 0) is 22.5 Å². The molecular weight excluding hydrogens is 258 g/mol. The van der Waals surface area contributed by atoms with E-state index >= 15 is 0 Å². The second kappa shape index (κ2) is 6.81. The van der Waals surface area contributed by atoms with Crippen LogP contribution in [0, 0.1) is 0 Å². The van der Waals surface area contributed by atoms with Gasteiger partial charge >= 0.3 is 0 Å². The van der Waals surface area contributed by atoms with E-state index in [0.29, 0.717) is 0 Å². The number of aryl methyl sites for hydroxylation is 1. The van der Waals surface area contributed by atoms with Crippen molar-refractivity contribution in [3.8, 4) is 0 Å². The largest absolute Gasteiger partial charge is 0.383 e. The molecule has 20 heavy (non-hydrogen) atoms. The minimum Gasteiger partial charge on any atom is -0.383 e. The number of amides is 1. The molecule has 0 radical (unpaired) electrons. The fraction of sp³-hybridized carbons (Fsp3) is 0.769. The highest BCUT2D eigenvalue weighted by molar-refractivity contribution is 5.81. The summed E-state index contributed by atoms with van der Waals surface area (Å²) in [6, 6.07) is -0.862. The second-order valence-corrected chi connectivity index (χ2v) is 5.23. The first-order valence-electron chi connectivity index (χ1n) is 7.10. The molecule has 0 fully saturated rings. The first-order valence-corrected chi connectivity index (χ1v) is 7.10. The van der Waals surface area contributed by atoms with Crippen molar-refractivity contribution in [3.05, 3.63) is 11.6 Å². The van der Waals surface area contributed by atoms with Gasteiger partial charge in [0.25, 0.3) is 0 Å². The summed E-state index contributed by atoms with van der Waals surface area (Å²) in [5, 5.41) is 11.3. The molecule has 1 aromatic rings. The lowest BCUT2D eigenvalue weighted by atomic mass is 10.2. The molecule has 2 rings (SSSR count). The Morgan fingerprint density at radius 2 is 2.25 bits per heavy atom. The van der Waals surface area contributed by atoms with Crippen molar-refractivity contribution in [3.63, 3.8) is 0 Å². The first kappa shape index (κ1) is 14.9. The highest BCUT2D eigenvalue weighted by Crippen LogP contribution is 2.18. The zero-order chi connectivity index (χ0) is 14.5. The van der Waals surface area contributed by atoms with Gasteiger partial charge < -0.3 is 20.4 Å². The number of nitrogens with two attached hydrogens (primary N) is 1. The number of nitrogens with one attached hydrogen (secondary N) is 1. The van der Waals surface area contributed by atoms with Crippen molar-refractivity contribution in [1.29, 1.82) is 0 Å². The molecule has 1 aromatic heterocycles. The maximum atomic E-state index is 11.9. The number of rotatable bonds is 5. The lowest BCUT2D eigenvalue weighted by Gasteiger charge is -2.17. The van der Waals surface area contributed by atoms with Crippen LogP contribution in [0.1, 0.15) is 43.9 Å². The predicted molar refractivity (Wildman–Crippen MR) is 74.0 cm³/mol. The van der Waals surface area contributed by atoms with Gasteiger partial charge in [-0.2, -0.15) is 0 Å². The van der Waals surface area contributed by atoms with Crippen molar-refractivity contribution in [2.24, 2.45) is 5.73 Å². The third kappa shape index (κ3) is 3.34. The molecule has 2 heterocycles. The predicted octanol–water partition coefficient (Wildman–Crippen LogP) is 0.155. The molecule has 0 aliphatic carbocycles. The van der Waals surface area contributed by atoms with E-state index in [2.05, 4.69) is 20.1 Å². The smallest absolute Gasteiger partial charge is 0.239 e. The van der Waals surface area contributed by atoms with Crippen LogP contribution in [0.4, 0.5) is 0 Å². The average molecular weight is 281 g/mol. The Bertz CT molecular complexity index is 460. The Kier molecular flexibility index (Phi) is 5.08. The minimum absolute atomic E-state index is 0.204. The van der Waals surface area contributed by atoms with Gasteiger partial charge in [0.15, 0.2) is 5.82 Å². The van der Waals surface area contributed by atoms with Crippen LogP contribution < -0.4 is 11.1 Å². The summed E-state index contributed by atoms with van der Waals surface area (Å²) in [6.07, 6.45) is 4.44. The summed E-state index contributed by atoms with van der Waals surface area (Å²) in [6.45, 7) is 3.03. The summed E-state index contributed by atoms with van der Waals surface area (Å²) in [7, 11) is 1.52. The van der Waals surface area contributed by atoms with E-state index in [4.69, 9.17) is 10.5 Å². The van der Waals surface area contributed by atoms with Crippen LogP contribution in [0.2, 0.25) is 0 Å². The van der Waals surface area contributed by atoms with Gasteiger partial charge in [0.2, 0.25) is 5.91 Å². The third-order valence-corrected chi connectivity index (χ3v) is 3.57. The molecule has 3 N–H and O–H groups in total. The highest BCUT2D eigenvalue weighted by Gasteiger charge is 2.22. The fourth-order valence-corrected chi connectivity index (χ4v) is 2.47. The monoisotopic (exact) mass is 281 g/mol. The van der Waals surface area contributed by atoms with Gasteiger partial charge in [-0.25, -0.2) is 0 Å². The Hall–Kier alpha value is -1.47. The van der Waals surface area contributed by atoms with E-state index in [1.165, 1.54) is 13.5 Å². The van der Waals surface area contributed by atoms with Crippen molar-refractivity contribution in [2.75, 3.05) is 13.7 Å². The number of fused-ring (bicyclic) bond motifs is 1. The van der Waals surface area contributed by atoms with Gasteiger partial charge in [-0.15, -0.1) is 10.2 Å². The quantitative estimate of drug-likeness (QED) is 0.801. The molecule has 0 saturated heterocycles. The molecule has 0 spiro atoms. The summed E-state index contributed by atoms with van der Waals surface area (Å²) in [5.41, 5.74) is 5.71. The van der Waals surface area contributed by atoms with E-state index in [1.807, 2.05) is 6.92 Å². The third-order valence-electron chi connectivity index (χ3n) is 3.57. The van der Waals surface area contributed by atoms with Gasteiger partial charge in [0.05, 0.1) is 12.6 Å². The van der Waals surface area contributed by atoms with E-state index in [-0.39, 0.29) is 18.6 Å². The second-order valence-electron chi connectivity index (χ2n) is 5.23. The van der Waals surface area contributed by atoms with Crippen molar-refractivity contribution in [1.82, 2.24) is 20.1 Å². The lowest BCUT2D eigenvalue weighted by molar-refractivity contribution is -0.124. The molecule has 2 atom stereocenters. The summed E-state index contributed by atoms with van der Waals surface area (Å²) < 4.78 is 7.01. The molecule has 1 aliphatic heterocycles. The maximum Gasteiger partial charge on any atom is 0.239 e. The van der Waals surface area contributed by atoms with E-state index in [0.717, 1.165) is 37.5 Å². The number of hydrogen-bond acceptors (Lipinski definition) is 5. The van der Waals surface area contributed by atoms with Crippen LogP contribution in [0.3, 0.4) is 0 Å². The van der Waals surface area contributed by atoms with Crippen LogP contribution in [-0.4, -0.2) is 40.4 Å². The highest BCUT2D eigenvalue weighted by atomic mass is 16.5. The lowest BCUT2D eigenvalue weighted by Crippen LogP contribution is -2.44. The number of hydrogen-bond donors (Lipinski definition) is 2. The summed E-state index contributed by atoms with van der Waals surface area (Å²) in [5.74, 6) is 1.59. The maximum absolute atomic E-state index is 11.9. The van der Waals surface area contributed by atoms with Crippen molar-refractivity contribution in [2.45, 2.75) is 51.2 Å². The SMILES string of the molecule is COCC(N)C(=O)NC(C)c1nnc2n1CCCCC2. The molecule has 0 bridgehead atoms. The summed E-state index contributed by atoms with van der Waals surface area (Å²) >= 11 is 0. The molecule has 1 aliphatic rings. The van der Waals surface area contributed by atoms with Gasteiger partial charge in [0, 0.05) is 20.1 Å². The van der Waals surface area contributed by atoms with Crippen molar-refractivity contribution >= 4 is 5.91 Å². The first-order chi connectivity index (χ1) is 9.63.